The number of anilines is 1. The summed E-state index contributed by atoms with van der Waals surface area (Å²) in [5, 5.41) is 36.7. The average molecular weight is 517 g/mol. The first-order valence-corrected chi connectivity index (χ1v) is 12.3. The van der Waals surface area contributed by atoms with Crippen LogP contribution in [0.2, 0.25) is 0 Å². The molecule has 14 nitrogen and oxygen atoms in total. The summed E-state index contributed by atoms with van der Waals surface area (Å²) in [6.07, 6.45) is 2.59. The Hall–Kier alpha value is -3.33. The van der Waals surface area contributed by atoms with Gasteiger partial charge in [-0.1, -0.05) is 12.2 Å². The molecule has 6 unspecified atom stereocenters. The minimum Gasteiger partial charge on any atom is -0.481 e. The molecule has 0 radical (unpaired) electrons. The van der Waals surface area contributed by atoms with Crippen LogP contribution in [0, 0.1) is 17.8 Å². The van der Waals surface area contributed by atoms with Crippen LogP contribution in [0.25, 0.3) is 11.2 Å². The van der Waals surface area contributed by atoms with Gasteiger partial charge in [0.05, 0.1) is 30.9 Å². The molecule has 2 aliphatic carbocycles. The van der Waals surface area contributed by atoms with Gasteiger partial charge >= 0.3 is 12.1 Å². The Morgan fingerprint density at radius 2 is 2.00 bits per heavy atom. The number of aromatic nitrogens is 4. The number of carboxylic acids is 1. The van der Waals surface area contributed by atoms with Gasteiger partial charge in [-0.05, 0) is 24.7 Å². The van der Waals surface area contributed by atoms with Gasteiger partial charge in [0.2, 0.25) is 0 Å². The molecule has 4 aliphatic rings. The molecule has 2 saturated heterocycles. The van der Waals surface area contributed by atoms with Crippen LogP contribution in [0.4, 0.5) is 10.6 Å². The summed E-state index contributed by atoms with van der Waals surface area (Å²) < 4.78 is 18.0. The standard InChI is InChI=1S/C23H28N6O8/c30-17-13(7-36-23(34)28-15-11-2-1-10(5-11)14(15)22(32)33)37-21(18(17)31)29-9-26-16-19(24-8-25-20(16)29)27-12-3-4-35-6-12/h1-2,8-15,17-18,21,30-31H,3-7H2,(H,28,34)(H,32,33)(H,24,25,27)/t10?,11?,12-,13?,14+,15-,17?,18?,21?/m1/s1. The molecular weight excluding hydrogens is 488 g/mol. The molecule has 6 rings (SSSR count). The normalized spacial score (nSPS) is 36.3. The Kier molecular flexibility index (Phi) is 6.18. The lowest BCUT2D eigenvalue weighted by atomic mass is 9.89. The van der Waals surface area contributed by atoms with Crippen molar-refractivity contribution in [2.24, 2.45) is 17.8 Å². The molecule has 1 saturated carbocycles. The number of aliphatic hydroxyl groups excluding tert-OH is 2. The molecule has 1 amide bonds. The third kappa shape index (κ3) is 4.29. The predicted octanol–water partition coefficient (Wildman–Crippen LogP) is -0.352. The van der Waals surface area contributed by atoms with Crippen LogP contribution in [-0.4, -0.2) is 97.1 Å². The number of nitrogens with zero attached hydrogens (tertiary/aromatic N) is 4. The number of rotatable bonds is 7. The van der Waals surface area contributed by atoms with Crippen LogP contribution in [-0.2, 0) is 19.0 Å². The van der Waals surface area contributed by atoms with Gasteiger partial charge in [0.25, 0.3) is 0 Å². The Morgan fingerprint density at radius 1 is 1.16 bits per heavy atom. The van der Waals surface area contributed by atoms with E-state index in [1.165, 1.54) is 17.2 Å². The number of aliphatic carboxylic acids is 1. The molecule has 2 bridgehead atoms. The molecular formula is C23H28N6O8. The summed E-state index contributed by atoms with van der Waals surface area (Å²) in [5.41, 5.74) is 0.877. The smallest absolute Gasteiger partial charge is 0.407 e. The van der Waals surface area contributed by atoms with Gasteiger partial charge in [-0.3, -0.25) is 9.36 Å². The van der Waals surface area contributed by atoms with E-state index in [-0.39, 0.29) is 24.5 Å². The molecule has 2 aromatic heterocycles. The van der Waals surface area contributed by atoms with Gasteiger partial charge in [-0.15, -0.1) is 0 Å². The van der Waals surface area contributed by atoms with Crippen molar-refractivity contribution >= 4 is 29.0 Å². The van der Waals surface area contributed by atoms with Crippen LogP contribution in [0.1, 0.15) is 19.1 Å². The first-order chi connectivity index (χ1) is 17.9. The number of imidazole rings is 1. The first-order valence-electron chi connectivity index (χ1n) is 12.3. The quantitative estimate of drug-likeness (QED) is 0.301. The number of amides is 1. The Bertz CT molecular complexity index is 1220. The zero-order chi connectivity index (χ0) is 25.7. The Balaban J connectivity index is 1.10. The van der Waals surface area contributed by atoms with Gasteiger partial charge in [0.15, 0.2) is 23.2 Å². The second-order valence-corrected chi connectivity index (χ2v) is 9.88. The minimum absolute atomic E-state index is 0.0599. The number of ether oxygens (including phenoxy) is 3. The van der Waals surface area contributed by atoms with E-state index in [1.807, 2.05) is 12.2 Å². The summed E-state index contributed by atoms with van der Waals surface area (Å²) in [7, 11) is 0. The second kappa shape index (κ2) is 9.52. The summed E-state index contributed by atoms with van der Waals surface area (Å²) in [6, 6.07) is -0.462. The van der Waals surface area contributed by atoms with Gasteiger partial charge in [-0.2, -0.15) is 0 Å². The monoisotopic (exact) mass is 516 g/mol. The molecule has 2 aliphatic heterocycles. The maximum absolute atomic E-state index is 12.5. The molecule has 5 N–H and O–H groups in total. The van der Waals surface area contributed by atoms with Crippen molar-refractivity contribution in [1.29, 1.82) is 0 Å². The van der Waals surface area contributed by atoms with Crippen molar-refractivity contribution in [3.8, 4) is 0 Å². The highest BCUT2D eigenvalue weighted by molar-refractivity contribution is 5.83. The molecule has 198 valence electrons. The van der Waals surface area contributed by atoms with Crippen LogP contribution >= 0.6 is 0 Å². The Morgan fingerprint density at radius 3 is 2.78 bits per heavy atom. The minimum atomic E-state index is -1.34. The summed E-state index contributed by atoms with van der Waals surface area (Å²) in [5.74, 6) is -1.32. The maximum atomic E-state index is 12.5. The van der Waals surface area contributed by atoms with Crippen molar-refractivity contribution < 1.29 is 39.1 Å². The highest BCUT2D eigenvalue weighted by Gasteiger charge is 2.49. The van der Waals surface area contributed by atoms with Crippen LogP contribution in [0.15, 0.2) is 24.8 Å². The van der Waals surface area contributed by atoms with Gasteiger partial charge in [0, 0.05) is 6.61 Å². The molecule has 3 fully saturated rings. The number of allylic oxidation sites excluding steroid dienone is 1. The number of carbonyl (C=O) groups excluding carboxylic acids is 1. The molecule has 0 spiro atoms. The van der Waals surface area contributed by atoms with Gasteiger partial charge < -0.3 is 40.2 Å². The van der Waals surface area contributed by atoms with Crippen LogP contribution in [0.5, 0.6) is 0 Å². The highest BCUT2D eigenvalue weighted by Crippen LogP contribution is 2.44. The van der Waals surface area contributed by atoms with E-state index >= 15 is 0 Å². The van der Waals surface area contributed by atoms with E-state index in [0.717, 1.165) is 6.42 Å². The van der Waals surface area contributed by atoms with Gasteiger partial charge in [0.1, 0.15) is 31.2 Å². The highest BCUT2D eigenvalue weighted by atomic mass is 16.6. The van der Waals surface area contributed by atoms with E-state index < -0.39 is 48.6 Å². The van der Waals surface area contributed by atoms with Crippen molar-refractivity contribution in [2.45, 2.75) is 49.5 Å². The fourth-order valence-corrected chi connectivity index (χ4v) is 5.77. The molecule has 2 aromatic rings. The number of fused-ring (bicyclic) bond motifs is 3. The number of carbonyl (C=O) groups is 2. The number of hydrogen-bond acceptors (Lipinski definition) is 11. The van der Waals surface area contributed by atoms with Gasteiger partial charge in [-0.25, -0.2) is 19.7 Å². The predicted molar refractivity (Wildman–Crippen MR) is 124 cm³/mol. The van der Waals surface area contributed by atoms with Crippen molar-refractivity contribution in [3.63, 3.8) is 0 Å². The second-order valence-electron chi connectivity index (χ2n) is 9.88. The maximum Gasteiger partial charge on any atom is 0.407 e. The van der Waals surface area contributed by atoms with Crippen molar-refractivity contribution in [3.05, 3.63) is 24.8 Å². The zero-order valence-corrected chi connectivity index (χ0v) is 19.7. The zero-order valence-electron chi connectivity index (χ0n) is 19.7. The fraction of sp³-hybridized carbons (Fsp3) is 0.609. The molecule has 14 heteroatoms. The number of aliphatic hydroxyl groups is 2. The van der Waals surface area contributed by atoms with E-state index in [1.54, 1.807) is 0 Å². The molecule has 9 atom stereocenters. The SMILES string of the molecule is O=C(N[C@@H]1C2C=CC(C2)[C@@H]1C(=O)O)OCC1OC(n2cnc3c(N[C@@H]4CCOC4)ncnc32)C(O)C1O. The van der Waals surface area contributed by atoms with Crippen LogP contribution < -0.4 is 10.6 Å². The third-order valence-electron chi connectivity index (χ3n) is 7.65. The number of carboxylic acid groups (broad SMARTS) is 1. The average Bonchev–Trinajstić information content (AvgIpc) is 3.69. The molecule has 37 heavy (non-hydrogen) atoms. The summed E-state index contributed by atoms with van der Waals surface area (Å²) in [6.45, 7) is 0.888. The van der Waals surface area contributed by atoms with E-state index in [4.69, 9.17) is 14.2 Å². The fourth-order valence-electron chi connectivity index (χ4n) is 5.77. The number of hydrogen-bond donors (Lipinski definition) is 5. The molecule has 4 heterocycles. The summed E-state index contributed by atoms with van der Waals surface area (Å²) >= 11 is 0. The van der Waals surface area contributed by atoms with Crippen molar-refractivity contribution in [2.75, 3.05) is 25.1 Å². The van der Waals surface area contributed by atoms with E-state index in [0.29, 0.717) is 36.6 Å². The lowest BCUT2D eigenvalue weighted by Gasteiger charge is -2.25. The lowest BCUT2D eigenvalue weighted by Crippen LogP contribution is -2.46. The molecule has 0 aromatic carbocycles. The number of alkyl carbamates (subject to hydrolysis) is 1. The first kappa shape index (κ1) is 24.0. The van der Waals surface area contributed by atoms with Crippen molar-refractivity contribution in [1.82, 2.24) is 24.8 Å². The van der Waals surface area contributed by atoms with E-state index in [2.05, 4.69) is 25.6 Å². The number of nitrogens with one attached hydrogen (secondary N) is 2. The Labute approximate surface area is 210 Å². The van der Waals surface area contributed by atoms with Crippen LogP contribution in [0.3, 0.4) is 0 Å². The third-order valence-corrected chi connectivity index (χ3v) is 7.65. The largest absolute Gasteiger partial charge is 0.481 e. The van der Waals surface area contributed by atoms with E-state index in [9.17, 15) is 24.9 Å². The lowest BCUT2D eigenvalue weighted by molar-refractivity contribution is -0.143. The summed E-state index contributed by atoms with van der Waals surface area (Å²) in [4.78, 5) is 37.0. The topological polar surface area (TPSA) is 190 Å².